The summed E-state index contributed by atoms with van der Waals surface area (Å²) in [7, 11) is -4.60. The summed E-state index contributed by atoms with van der Waals surface area (Å²) >= 11 is 0. The smallest absolute Gasteiger partial charge is 0.306 e. The van der Waals surface area contributed by atoms with Gasteiger partial charge in [0, 0.05) is 12.8 Å². The van der Waals surface area contributed by atoms with E-state index in [4.69, 9.17) is 18.9 Å². The number of rotatable bonds is 35. The molecule has 0 bridgehead atoms. The molecule has 1 aliphatic heterocycles. The molecular formula is C41H74O12S. The van der Waals surface area contributed by atoms with Crippen LogP contribution < -0.4 is 0 Å². The van der Waals surface area contributed by atoms with Gasteiger partial charge in [-0.2, -0.15) is 8.42 Å². The van der Waals surface area contributed by atoms with Crippen molar-refractivity contribution in [3.05, 3.63) is 24.8 Å². The molecule has 1 heterocycles. The normalized spacial score (nSPS) is 20.9. The molecule has 2 unspecified atom stereocenters. The Morgan fingerprint density at radius 2 is 1.15 bits per heavy atom. The fourth-order valence-electron chi connectivity index (χ4n) is 6.34. The van der Waals surface area contributed by atoms with Crippen LogP contribution in [0.15, 0.2) is 24.8 Å². The summed E-state index contributed by atoms with van der Waals surface area (Å²) in [4.78, 5) is 25.3. The molecule has 1 aliphatic rings. The topological polar surface area (TPSA) is 186 Å². The van der Waals surface area contributed by atoms with Crippen LogP contribution in [0.4, 0.5) is 0 Å². The number of ether oxygens (including phenoxy) is 4. The third-order valence-electron chi connectivity index (χ3n) is 9.65. The van der Waals surface area contributed by atoms with Crippen molar-refractivity contribution in [2.24, 2.45) is 0 Å². The predicted octanol–water partition coefficient (Wildman–Crippen LogP) is 7.67. The Bertz CT molecular complexity index is 1100. The van der Waals surface area contributed by atoms with Crippen LogP contribution in [0.1, 0.15) is 167 Å². The summed E-state index contributed by atoms with van der Waals surface area (Å²) in [6, 6.07) is 0. The lowest BCUT2D eigenvalue weighted by Gasteiger charge is -2.40. The van der Waals surface area contributed by atoms with Gasteiger partial charge in [0.05, 0.1) is 6.61 Å². The van der Waals surface area contributed by atoms with Crippen molar-refractivity contribution in [2.45, 2.75) is 204 Å². The molecule has 316 valence electrons. The van der Waals surface area contributed by atoms with Gasteiger partial charge >= 0.3 is 11.9 Å². The lowest BCUT2D eigenvalue weighted by Crippen LogP contribution is -2.60. The molecule has 4 N–H and O–H groups in total. The average molecular weight is 791 g/mol. The van der Waals surface area contributed by atoms with E-state index >= 15 is 0 Å². The molecule has 0 aromatic carbocycles. The van der Waals surface area contributed by atoms with Crippen LogP contribution in [0.5, 0.6) is 0 Å². The zero-order chi connectivity index (χ0) is 39.9. The van der Waals surface area contributed by atoms with Crippen LogP contribution >= 0.6 is 0 Å². The van der Waals surface area contributed by atoms with Gasteiger partial charge in [0.2, 0.25) is 0 Å². The second-order valence-corrected chi connectivity index (χ2v) is 16.2. The molecule has 54 heavy (non-hydrogen) atoms. The molecule has 0 aromatic rings. The summed E-state index contributed by atoms with van der Waals surface area (Å²) in [5.41, 5.74) is 0. The first-order valence-corrected chi connectivity index (χ1v) is 22.5. The second kappa shape index (κ2) is 32.2. The molecular weight excluding hydrogens is 717 g/mol. The zero-order valence-electron chi connectivity index (χ0n) is 33.2. The van der Waals surface area contributed by atoms with Crippen molar-refractivity contribution in [3.8, 4) is 0 Å². The van der Waals surface area contributed by atoms with Gasteiger partial charge in [-0.1, -0.05) is 128 Å². The molecule has 0 amide bonds. The van der Waals surface area contributed by atoms with Crippen LogP contribution in [0.25, 0.3) is 0 Å². The molecule has 1 rings (SSSR count). The van der Waals surface area contributed by atoms with Crippen LogP contribution in [-0.4, -0.2) is 96.0 Å². The predicted molar refractivity (Wildman–Crippen MR) is 210 cm³/mol. The maximum absolute atomic E-state index is 12.7. The maximum Gasteiger partial charge on any atom is 0.306 e. The van der Waals surface area contributed by atoms with Crippen molar-refractivity contribution < 1.29 is 56.8 Å². The Morgan fingerprint density at radius 3 is 1.67 bits per heavy atom. The highest BCUT2D eigenvalue weighted by atomic mass is 32.2. The van der Waals surface area contributed by atoms with Crippen molar-refractivity contribution in [3.63, 3.8) is 0 Å². The van der Waals surface area contributed by atoms with Gasteiger partial charge in [-0.05, 0) is 44.9 Å². The Kier molecular flexibility index (Phi) is 29.9. The molecule has 1 fully saturated rings. The minimum absolute atomic E-state index is 0.154. The van der Waals surface area contributed by atoms with E-state index in [1.54, 1.807) is 0 Å². The van der Waals surface area contributed by atoms with Gasteiger partial charge < -0.3 is 34.3 Å². The highest BCUT2D eigenvalue weighted by Gasteiger charge is 2.46. The summed E-state index contributed by atoms with van der Waals surface area (Å²) < 4.78 is 53.9. The first kappa shape index (κ1) is 50.1. The molecule has 6 atom stereocenters. The zero-order valence-corrected chi connectivity index (χ0v) is 34.0. The largest absolute Gasteiger partial charge is 0.462 e. The number of hydrogen-bond donors (Lipinski definition) is 4. The Hall–Kier alpha value is -1.87. The third-order valence-corrected chi connectivity index (χ3v) is 10.4. The lowest BCUT2D eigenvalue weighted by atomic mass is 10.00. The lowest BCUT2D eigenvalue weighted by molar-refractivity contribution is -0.297. The van der Waals surface area contributed by atoms with Crippen molar-refractivity contribution >= 4 is 22.1 Å². The number of allylic oxidation sites excluding steroid dienone is 3. The first-order valence-electron chi connectivity index (χ1n) is 20.9. The number of carbonyl (C=O) groups excluding carboxylic acids is 2. The van der Waals surface area contributed by atoms with Gasteiger partial charge in [-0.25, -0.2) is 0 Å². The van der Waals surface area contributed by atoms with Crippen molar-refractivity contribution in [1.29, 1.82) is 0 Å². The Balaban J connectivity index is 2.46. The standard InChI is InChI=1S/C41H74O12S/c1-3-5-7-9-11-13-15-16-17-18-20-21-23-25-27-29-36(42)50-31-34(52-37(43)30-28-26-24-22-19-14-12-10-8-6-4-2)32-51-41-40(46)39(45)38(44)35(53-41)33-54(47,48)49/h3,10,12,34-35,38-41,44-46H,1,4-9,11,13-33H2,2H3,(H,47,48,49)/b12-10+/t34-,35-,38-,39?,40?,41+/m1/s1. The summed E-state index contributed by atoms with van der Waals surface area (Å²) in [5.74, 6) is -2.00. The molecule has 1 saturated heterocycles. The van der Waals surface area contributed by atoms with Crippen LogP contribution in [0.3, 0.4) is 0 Å². The number of hydrogen-bond acceptors (Lipinski definition) is 11. The fourth-order valence-corrected chi connectivity index (χ4v) is 7.03. The van der Waals surface area contributed by atoms with Gasteiger partial charge in [0.25, 0.3) is 10.1 Å². The van der Waals surface area contributed by atoms with Crippen molar-refractivity contribution in [1.82, 2.24) is 0 Å². The molecule has 13 heteroatoms. The number of esters is 2. The highest BCUT2D eigenvalue weighted by Crippen LogP contribution is 2.24. The Morgan fingerprint density at radius 1 is 0.667 bits per heavy atom. The minimum Gasteiger partial charge on any atom is -0.462 e. The fraction of sp³-hybridized carbons (Fsp3) is 0.854. The summed E-state index contributed by atoms with van der Waals surface area (Å²) in [6.07, 6.45) is 22.7. The van der Waals surface area contributed by atoms with Crippen LogP contribution in [0.2, 0.25) is 0 Å². The van der Waals surface area contributed by atoms with E-state index in [-0.39, 0.29) is 19.4 Å². The van der Waals surface area contributed by atoms with E-state index in [9.17, 15) is 37.9 Å². The number of unbranched alkanes of at least 4 members (excludes halogenated alkanes) is 20. The van der Waals surface area contributed by atoms with Gasteiger partial charge in [0.15, 0.2) is 12.4 Å². The molecule has 0 aromatic heterocycles. The minimum atomic E-state index is -4.60. The number of aliphatic hydroxyl groups excluding tert-OH is 3. The molecule has 0 aliphatic carbocycles. The molecule has 0 spiro atoms. The van der Waals surface area contributed by atoms with Gasteiger partial charge in [-0.15, -0.1) is 6.58 Å². The first-order chi connectivity index (χ1) is 26.0. The highest BCUT2D eigenvalue weighted by molar-refractivity contribution is 7.85. The Labute approximate surface area is 326 Å². The van der Waals surface area contributed by atoms with E-state index in [2.05, 4.69) is 25.7 Å². The van der Waals surface area contributed by atoms with E-state index in [0.717, 1.165) is 64.2 Å². The summed E-state index contributed by atoms with van der Waals surface area (Å²) in [6.45, 7) is 5.22. The van der Waals surface area contributed by atoms with Crippen LogP contribution in [-0.2, 0) is 38.7 Å². The quantitative estimate of drug-likeness (QED) is 0.0213. The van der Waals surface area contributed by atoms with E-state index < -0.39 is 71.2 Å². The van der Waals surface area contributed by atoms with Crippen LogP contribution in [0, 0.1) is 0 Å². The monoisotopic (exact) mass is 790 g/mol. The van der Waals surface area contributed by atoms with Gasteiger partial charge in [0.1, 0.15) is 36.8 Å². The van der Waals surface area contributed by atoms with E-state index in [1.807, 2.05) is 6.08 Å². The maximum atomic E-state index is 12.7. The molecule has 0 radical (unpaired) electrons. The second-order valence-electron chi connectivity index (χ2n) is 14.7. The number of aliphatic hydroxyl groups is 3. The van der Waals surface area contributed by atoms with Gasteiger partial charge in [-0.3, -0.25) is 14.1 Å². The summed E-state index contributed by atoms with van der Waals surface area (Å²) in [5, 5.41) is 30.8. The van der Waals surface area contributed by atoms with E-state index in [0.29, 0.717) is 12.8 Å². The molecule has 12 nitrogen and oxygen atoms in total. The average Bonchev–Trinajstić information content (AvgIpc) is 3.13. The van der Waals surface area contributed by atoms with Crippen molar-refractivity contribution in [2.75, 3.05) is 19.0 Å². The molecule has 0 saturated carbocycles. The number of carbonyl (C=O) groups is 2. The SMILES string of the molecule is C=CCCCCCCCCCCCCCCCC(=O)OC[C@H](CO[C@H]1O[C@H](CS(=O)(=O)O)[C@@H](O)C(O)C1O)OC(=O)CCCCCCC/C=C/CCCC. The third kappa shape index (κ3) is 26.9. The van der Waals surface area contributed by atoms with E-state index in [1.165, 1.54) is 70.6 Å².